The van der Waals surface area contributed by atoms with Crippen LogP contribution in [-0.4, -0.2) is 25.1 Å². The van der Waals surface area contributed by atoms with E-state index in [9.17, 15) is 10.1 Å². The number of rotatable bonds is 3. The van der Waals surface area contributed by atoms with Crippen LogP contribution in [0.15, 0.2) is 59.1 Å². The molecule has 4 rings (SSSR count). The number of nitro benzene ring substituents is 1. The molecule has 0 amide bonds. The maximum Gasteiger partial charge on any atom is 0.269 e. The molecule has 1 N–H and O–H groups in total. The van der Waals surface area contributed by atoms with Gasteiger partial charge in [0.05, 0.1) is 4.92 Å². The fourth-order valence-electron chi connectivity index (χ4n) is 2.71. The van der Waals surface area contributed by atoms with E-state index in [-0.39, 0.29) is 11.7 Å². The van der Waals surface area contributed by atoms with E-state index in [1.165, 1.54) is 12.1 Å². The highest BCUT2D eigenvalue weighted by molar-refractivity contribution is 9.10. The summed E-state index contributed by atoms with van der Waals surface area (Å²) >= 11 is 3.42. The lowest BCUT2D eigenvalue weighted by atomic mass is 10.0. The average Bonchev–Trinajstić information content (AvgIpc) is 3.10. The molecule has 124 valence electrons. The van der Waals surface area contributed by atoms with Crippen molar-refractivity contribution in [1.82, 2.24) is 20.2 Å². The Kier molecular flexibility index (Phi) is 3.77. The molecule has 2 aromatic carbocycles. The van der Waals surface area contributed by atoms with Crippen LogP contribution in [0.1, 0.15) is 17.2 Å². The molecule has 0 saturated carbocycles. The number of nitro groups is 1. The molecular weight excluding hydrogens is 388 g/mol. The Bertz CT molecular complexity index is 982. The smallest absolute Gasteiger partial charge is 0.269 e. The zero-order chi connectivity index (χ0) is 17.4. The van der Waals surface area contributed by atoms with Gasteiger partial charge in [-0.05, 0) is 39.8 Å². The number of anilines is 1. The van der Waals surface area contributed by atoms with Gasteiger partial charge < -0.3 is 5.32 Å². The topological polar surface area (TPSA) is 98.8 Å². The maximum atomic E-state index is 11.1. The highest BCUT2D eigenvalue weighted by Gasteiger charge is 2.25. The van der Waals surface area contributed by atoms with Crippen molar-refractivity contribution < 1.29 is 4.92 Å². The Morgan fingerprint density at radius 2 is 2.00 bits per heavy atom. The van der Waals surface area contributed by atoms with Crippen LogP contribution in [0.5, 0.6) is 0 Å². The molecule has 0 fully saturated rings. The van der Waals surface area contributed by atoms with Crippen molar-refractivity contribution in [2.45, 2.75) is 6.04 Å². The highest BCUT2D eigenvalue weighted by atomic mass is 79.9. The maximum absolute atomic E-state index is 11.1. The van der Waals surface area contributed by atoms with Gasteiger partial charge in [-0.2, -0.15) is 4.68 Å². The lowest BCUT2D eigenvalue weighted by Crippen LogP contribution is -2.20. The van der Waals surface area contributed by atoms with Crippen LogP contribution >= 0.6 is 15.9 Å². The van der Waals surface area contributed by atoms with Crippen molar-refractivity contribution in [2.75, 3.05) is 5.32 Å². The van der Waals surface area contributed by atoms with Gasteiger partial charge in [-0.1, -0.05) is 45.3 Å². The van der Waals surface area contributed by atoms with Crippen LogP contribution in [0.4, 0.5) is 11.6 Å². The van der Waals surface area contributed by atoms with Crippen molar-refractivity contribution in [2.24, 2.45) is 0 Å². The van der Waals surface area contributed by atoms with Crippen LogP contribution < -0.4 is 5.32 Å². The fraction of sp³-hybridized carbons (Fsp3) is 0.0625. The third kappa shape index (κ3) is 2.89. The van der Waals surface area contributed by atoms with Gasteiger partial charge in [0, 0.05) is 22.3 Å². The molecule has 9 heteroatoms. The summed E-state index contributed by atoms with van der Waals surface area (Å²) in [5.74, 6) is 0.483. The average molecular weight is 399 g/mol. The van der Waals surface area contributed by atoms with E-state index < -0.39 is 4.92 Å². The molecule has 0 saturated heterocycles. The third-order valence-electron chi connectivity index (χ3n) is 3.91. The number of halogens is 1. The number of benzene rings is 2. The molecule has 1 unspecified atom stereocenters. The molecule has 2 heterocycles. The second-order valence-corrected chi connectivity index (χ2v) is 6.37. The van der Waals surface area contributed by atoms with E-state index in [0.717, 1.165) is 21.3 Å². The minimum Gasteiger partial charge on any atom is -0.323 e. The van der Waals surface area contributed by atoms with Gasteiger partial charge in [0.15, 0.2) is 0 Å². The Labute approximate surface area is 150 Å². The standard InChI is InChI=1S/C16H11BrN6O2/c17-12-6-4-10(5-7-12)14-9-15(22-16(18-14)19-20-21-22)11-2-1-3-13(8-11)23(24)25/h1-9,15H,(H,18,19,21). The van der Waals surface area contributed by atoms with Gasteiger partial charge in [0.25, 0.3) is 5.69 Å². The summed E-state index contributed by atoms with van der Waals surface area (Å²) in [6, 6.07) is 14.0. The van der Waals surface area contributed by atoms with E-state index in [2.05, 4.69) is 36.8 Å². The fourth-order valence-corrected chi connectivity index (χ4v) is 2.98. The quantitative estimate of drug-likeness (QED) is 0.536. The molecule has 25 heavy (non-hydrogen) atoms. The molecule has 1 atom stereocenters. The minimum absolute atomic E-state index is 0.0317. The van der Waals surface area contributed by atoms with Gasteiger partial charge in [-0.3, -0.25) is 10.1 Å². The molecule has 1 aliphatic heterocycles. The monoisotopic (exact) mass is 398 g/mol. The second-order valence-electron chi connectivity index (χ2n) is 5.46. The Balaban J connectivity index is 1.81. The van der Waals surface area contributed by atoms with E-state index in [1.54, 1.807) is 10.7 Å². The predicted molar refractivity (Wildman–Crippen MR) is 94.8 cm³/mol. The second kappa shape index (κ2) is 6.10. The Morgan fingerprint density at radius 1 is 1.20 bits per heavy atom. The van der Waals surface area contributed by atoms with Crippen molar-refractivity contribution in [3.8, 4) is 0 Å². The van der Waals surface area contributed by atoms with Crippen LogP contribution in [0.3, 0.4) is 0 Å². The number of aromatic nitrogens is 4. The summed E-state index contributed by atoms with van der Waals surface area (Å²) in [5, 5.41) is 26.0. The van der Waals surface area contributed by atoms with E-state index in [4.69, 9.17) is 0 Å². The van der Waals surface area contributed by atoms with Gasteiger partial charge in [0.2, 0.25) is 5.95 Å². The summed E-state index contributed by atoms with van der Waals surface area (Å²) in [6.45, 7) is 0. The number of fused-ring (bicyclic) bond motifs is 1. The molecule has 0 bridgehead atoms. The molecule has 1 aromatic heterocycles. The number of hydrogen-bond donors (Lipinski definition) is 1. The normalized spacial score (nSPS) is 15.9. The first-order chi connectivity index (χ1) is 12.1. The number of non-ortho nitro benzene ring substituents is 1. The van der Waals surface area contributed by atoms with E-state index in [1.807, 2.05) is 36.4 Å². The van der Waals surface area contributed by atoms with Gasteiger partial charge in [0.1, 0.15) is 6.04 Å². The van der Waals surface area contributed by atoms with Crippen molar-refractivity contribution >= 4 is 33.3 Å². The number of allylic oxidation sites excluding steroid dienone is 1. The van der Waals surface area contributed by atoms with Crippen molar-refractivity contribution in [3.63, 3.8) is 0 Å². The first-order valence-corrected chi connectivity index (χ1v) is 8.18. The Morgan fingerprint density at radius 3 is 2.76 bits per heavy atom. The SMILES string of the molecule is O=[N+]([O-])c1cccc(C2C=C(c3ccc(Br)cc3)Nc3nnnn32)c1. The lowest BCUT2D eigenvalue weighted by Gasteiger charge is -2.23. The zero-order valence-electron chi connectivity index (χ0n) is 12.7. The molecule has 0 aliphatic carbocycles. The molecular formula is C16H11BrN6O2. The summed E-state index contributed by atoms with van der Waals surface area (Å²) in [7, 11) is 0. The molecule has 8 nitrogen and oxygen atoms in total. The van der Waals surface area contributed by atoms with Crippen LogP contribution in [-0.2, 0) is 0 Å². The van der Waals surface area contributed by atoms with Crippen molar-refractivity contribution in [3.05, 3.63) is 80.3 Å². The zero-order valence-corrected chi connectivity index (χ0v) is 14.3. The van der Waals surface area contributed by atoms with Crippen LogP contribution in [0.2, 0.25) is 0 Å². The van der Waals surface area contributed by atoms with Gasteiger partial charge in [-0.15, -0.1) is 0 Å². The number of nitrogens with zero attached hydrogens (tertiary/aromatic N) is 5. The highest BCUT2D eigenvalue weighted by Crippen LogP contribution is 2.33. The van der Waals surface area contributed by atoms with Crippen molar-refractivity contribution in [1.29, 1.82) is 0 Å². The van der Waals surface area contributed by atoms with E-state index in [0.29, 0.717) is 5.95 Å². The molecule has 0 spiro atoms. The summed E-state index contributed by atoms with van der Waals surface area (Å²) < 4.78 is 2.58. The van der Waals surface area contributed by atoms with Crippen LogP contribution in [0.25, 0.3) is 5.70 Å². The summed E-state index contributed by atoms with van der Waals surface area (Å²) in [4.78, 5) is 10.7. The minimum atomic E-state index is -0.412. The molecule has 3 aromatic rings. The first-order valence-electron chi connectivity index (χ1n) is 7.39. The predicted octanol–water partition coefficient (Wildman–Crippen LogP) is 3.40. The van der Waals surface area contributed by atoms with Gasteiger partial charge >= 0.3 is 0 Å². The Hall–Kier alpha value is -3.07. The summed E-state index contributed by atoms with van der Waals surface area (Å²) in [6.07, 6.45) is 1.95. The van der Waals surface area contributed by atoms with Crippen LogP contribution in [0, 0.1) is 10.1 Å². The third-order valence-corrected chi connectivity index (χ3v) is 4.43. The number of tetrazole rings is 1. The lowest BCUT2D eigenvalue weighted by molar-refractivity contribution is -0.384. The largest absolute Gasteiger partial charge is 0.323 e. The first kappa shape index (κ1) is 15.5. The van der Waals surface area contributed by atoms with Gasteiger partial charge in [-0.25, -0.2) is 0 Å². The molecule has 1 aliphatic rings. The molecule has 0 radical (unpaired) electrons. The van der Waals surface area contributed by atoms with E-state index >= 15 is 0 Å². The number of nitrogens with one attached hydrogen (secondary N) is 1. The summed E-state index contributed by atoms with van der Waals surface area (Å²) in [5.41, 5.74) is 2.57. The number of hydrogen-bond acceptors (Lipinski definition) is 6.